The van der Waals surface area contributed by atoms with Gasteiger partial charge >= 0.3 is 0 Å². The second-order valence-corrected chi connectivity index (χ2v) is 9.69. The third kappa shape index (κ3) is 8.33. The standard InChI is InChI=1S/C33H44O2/c1-2-3-4-5-6-7-8-9-19-26-32(34)27-28-35-33(29-20-13-10-14-21-29,30-22-15-11-16-23-30)31-24-17-12-18-25-31/h10-18,20-25,32,34H,2-9,19,26-28H2,1H3/t32-/m1/s1. The van der Waals surface area contributed by atoms with Gasteiger partial charge in [0.2, 0.25) is 0 Å². The summed E-state index contributed by atoms with van der Waals surface area (Å²) in [6.45, 7) is 2.76. The van der Waals surface area contributed by atoms with Gasteiger partial charge < -0.3 is 9.84 Å². The molecule has 0 saturated carbocycles. The van der Waals surface area contributed by atoms with E-state index >= 15 is 0 Å². The number of benzene rings is 3. The molecule has 0 heterocycles. The van der Waals surface area contributed by atoms with E-state index < -0.39 is 5.60 Å². The SMILES string of the molecule is CCCCCCCCCCC[C@@H](O)CCOC(c1ccccc1)(c1ccccc1)c1ccccc1. The number of aliphatic hydroxyl groups excluding tert-OH is 1. The lowest BCUT2D eigenvalue weighted by Gasteiger charge is -2.36. The van der Waals surface area contributed by atoms with Crippen LogP contribution in [0.25, 0.3) is 0 Å². The van der Waals surface area contributed by atoms with Crippen LogP contribution in [0.15, 0.2) is 91.0 Å². The fraction of sp³-hybridized carbons (Fsp3) is 0.455. The van der Waals surface area contributed by atoms with E-state index in [1.807, 2.05) is 18.2 Å². The highest BCUT2D eigenvalue weighted by atomic mass is 16.5. The van der Waals surface area contributed by atoms with Crippen LogP contribution in [0.4, 0.5) is 0 Å². The van der Waals surface area contributed by atoms with E-state index in [-0.39, 0.29) is 6.10 Å². The summed E-state index contributed by atoms with van der Waals surface area (Å²) in [5, 5.41) is 10.7. The molecule has 0 bridgehead atoms. The van der Waals surface area contributed by atoms with Gasteiger partial charge in [-0.2, -0.15) is 0 Å². The van der Waals surface area contributed by atoms with Crippen molar-refractivity contribution in [2.75, 3.05) is 6.61 Å². The molecule has 3 aromatic carbocycles. The Balaban J connectivity index is 1.58. The van der Waals surface area contributed by atoms with Gasteiger partial charge in [-0.05, 0) is 29.5 Å². The van der Waals surface area contributed by atoms with Crippen LogP contribution in [0, 0.1) is 0 Å². The van der Waals surface area contributed by atoms with Crippen LogP contribution in [0.2, 0.25) is 0 Å². The number of hydrogen-bond donors (Lipinski definition) is 1. The first kappa shape index (κ1) is 27.2. The van der Waals surface area contributed by atoms with Crippen molar-refractivity contribution in [3.63, 3.8) is 0 Å². The normalized spacial score (nSPS) is 12.5. The van der Waals surface area contributed by atoms with Gasteiger partial charge in [-0.15, -0.1) is 0 Å². The Morgan fingerprint density at radius 1 is 0.571 bits per heavy atom. The number of rotatable bonds is 17. The molecule has 0 unspecified atom stereocenters. The van der Waals surface area contributed by atoms with Gasteiger partial charge in [0.25, 0.3) is 0 Å². The highest BCUT2D eigenvalue weighted by Gasteiger charge is 2.37. The molecule has 0 aromatic heterocycles. The van der Waals surface area contributed by atoms with Gasteiger partial charge in [-0.25, -0.2) is 0 Å². The lowest BCUT2D eigenvalue weighted by molar-refractivity contribution is -0.00660. The fourth-order valence-corrected chi connectivity index (χ4v) is 4.95. The summed E-state index contributed by atoms with van der Waals surface area (Å²) in [6.07, 6.45) is 12.9. The zero-order chi connectivity index (χ0) is 24.6. The molecule has 1 N–H and O–H groups in total. The molecule has 2 heteroatoms. The lowest BCUT2D eigenvalue weighted by atomic mass is 9.80. The summed E-state index contributed by atoms with van der Waals surface area (Å²) >= 11 is 0. The van der Waals surface area contributed by atoms with Crippen LogP contribution >= 0.6 is 0 Å². The summed E-state index contributed by atoms with van der Waals surface area (Å²) in [5.74, 6) is 0. The molecule has 0 aliphatic heterocycles. The van der Waals surface area contributed by atoms with Crippen molar-refractivity contribution in [2.45, 2.75) is 89.3 Å². The molecule has 1 atom stereocenters. The predicted molar refractivity (Wildman–Crippen MR) is 148 cm³/mol. The molecule has 0 amide bonds. The van der Waals surface area contributed by atoms with Crippen LogP contribution in [0.3, 0.4) is 0 Å². The first-order chi connectivity index (χ1) is 17.3. The predicted octanol–water partition coefficient (Wildman–Crippen LogP) is 8.67. The van der Waals surface area contributed by atoms with Crippen molar-refractivity contribution in [1.82, 2.24) is 0 Å². The van der Waals surface area contributed by atoms with Gasteiger partial charge in [0.15, 0.2) is 0 Å². The molecule has 35 heavy (non-hydrogen) atoms. The Morgan fingerprint density at radius 3 is 1.40 bits per heavy atom. The highest BCUT2D eigenvalue weighted by molar-refractivity contribution is 5.47. The molecule has 188 valence electrons. The number of hydrogen-bond acceptors (Lipinski definition) is 2. The van der Waals surface area contributed by atoms with Crippen molar-refractivity contribution in [3.8, 4) is 0 Å². The maximum absolute atomic E-state index is 10.7. The largest absolute Gasteiger partial charge is 0.393 e. The van der Waals surface area contributed by atoms with Crippen molar-refractivity contribution in [1.29, 1.82) is 0 Å². The molecule has 0 spiro atoms. The maximum atomic E-state index is 10.7. The Kier molecular flexibility index (Phi) is 12.1. The van der Waals surface area contributed by atoms with Crippen molar-refractivity contribution < 1.29 is 9.84 Å². The van der Waals surface area contributed by atoms with Crippen LogP contribution in [-0.2, 0) is 10.3 Å². The van der Waals surface area contributed by atoms with Gasteiger partial charge in [-0.3, -0.25) is 0 Å². The van der Waals surface area contributed by atoms with Gasteiger partial charge in [-0.1, -0.05) is 156 Å². The third-order valence-corrected chi connectivity index (χ3v) is 6.95. The van der Waals surface area contributed by atoms with E-state index in [0.717, 1.165) is 29.5 Å². The van der Waals surface area contributed by atoms with Gasteiger partial charge in [0.05, 0.1) is 12.7 Å². The molecular weight excluding hydrogens is 428 g/mol. The van der Waals surface area contributed by atoms with E-state index in [2.05, 4.69) is 79.7 Å². The van der Waals surface area contributed by atoms with Gasteiger partial charge in [0, 0.05) is 0 Å². The van der Waals surface area contributed by atoms with Gasteiger partial charge in [0.1, 0.15) is 5.60 Å². The summed E-state index contributed by atoms with van der Waals surface area (Å²) < 4.78 is 6.79. The minimum absolute atomic E-state index is 0.320. The van der Waals surface area contributed by atoms with Crippen LogP contribution < -0.4 is 0 Å². The zero-order valence-electron chi connectivity index (χ0n) is 21.6. The Morgan fingerprint density at radius 2 is 0.971 bits per heavy atom. The van der Waals surface area contributed by atoms with Crippen molar-refractivity contribution >= 4 is 0 Å². The van der Waals surface area contributed by atoms with Crippen LogP contribution in [-0.4, -0.2) is 17.8 Å². The van der Waals surface area contributed by atoms with E-state index in [1.165, 1.54) is 51.4 Å². The third-order valence-electron chi connectivity index (χ3n) is 6.95. The van der Waals surface area contributed by atoms with E-state index in [4.69, 9.17) is 4.74 Å². The van der Waals surface area contributed by atoms with Crippen molar-refractivity contribution in [2.24, 2.45) is 0 Å². The number of aliphatic hydroxyl groups is 1. The fourth-order valence-electron chi connectivity index (χ4n) is 4.95. The number of ether oxygens (including phenoxy) is 1. The van der Waals surface area contributed by atoms with E-state index in [0.29, 0.717) is 13.0 Å². The van der Waals surface area contributed by atoms with Crippen molar-refractivity contribution in [3.05, 3.63) is 108 Å². The zero-order valence-corrected chi connectivity index (χ0v) is 21.6. The summed E-state index contributed by atoms with van der Waals surface area (Å²) in [7, 11) is 0. The Hall–Kier alpha value is -2.42. The molecule has 0 radical (unpaired) electrons. The van der Waals surface area contributed by atoms with Crippen LogP contribution in [0.5, 0.6) is 0 Å². The van der Waals surface area contributed by atoms with E-state index in [9.17, 15) is 5.11 Å². The van der Waals surface area contributed by atoms with Crippen LogP contribution in [0.1, 0.15) is 94.2 Å². The monoisotopic (exact) mass is 472 g/mol. The first-order valence-electron chi connectivity index (χ1n) is 13.8. The van der Waals surface area contributed by atoms with E-state index in [1.54, 1.807) is 0 Å². The summed E-state index contributed by atoms with van der Waals surface area (Å²) in [6, 6.07) is 31.4. The molecule has 2 nitrogen and oxygen atoms in total. The molecule has 0 fully saturated rings. The maximum Gasteiger partial charge on any atom is 0.143 e. The second-order valence-electron chi connectivity index (χ2n) is 9.69. The Labute approximate surface area is 213 Å². The molecule has 3 rings (SSSR count). The average molecular weight is 473 g/mol. The lowest BCUT2D eigenvalue weighted by Crippen LogP contribution is -2.34. The average Bonchev–Trinajstić information content (AvgIpc) is 2.92. The quantitative estimate of drug-likeness (QED) is 0.157. The molecular formula is C33H44O2. The first-order valence-corrected chi connectivity index (χ1v) is 13.8. The minimum Gasteiger partial charge on any atom is -0.393 e. The highest BCUT2D eigenvalue weighted by Crippen LogP contribution is 2.40. The smallest absolute Gasteiger partial charge is 0.143 e. The summed E-state index contributed by atoms with van der Waals surface area (Å²) in [5.41, 5.74) is 2.60. The number of unbranched alkanes of at least 4 members (excludes halogenated alkanes) is 8. The topological polar surface area (TPSA) is 29.5 Å². The molecule has 0 aliphatic carbocycles. The summed E-state index contributed by atoms with van der Waals surface area (Å²) in [4.78, 5) is 0. The molecule has 3 aromatic rings. The minimum atomic E-state index is -0.707. The molecule has 0 aliphatic rings. The molecule has 0 saturated heterocycles. The second kappa shape index (κ2) is 15.5. The Bertz CT molecular complexity index is 811.